The van der Waals surface area contributed by atoms with Gasteiger partial charge in [0.1, 0.15) is 0 Å². The van der Waals surface area contributed by atoms with Crippen LogP contribution in [0.15, 0.2) is 24.3 Å². The molecule has 2 atom stereocenters. The summed E-state index contributed by atoms with van der Waals surface area (Å²) in [4.78, 5) is 11.6. The number of aliphatic hydroxyl groups is 2. The van der Waals surface area contributed by atoms with Crippen LogP contribution in [0.25, 0.3) is 0 Å². The molecule has 0 saturated heterocycles. The van der Waals surface area contributed by atoms with Gasteiger partial charge in [-0.3, -0.25) is 4.79 Å². The smallest absolute Gasteiger partial charge is 0.220 e. The first-order valence-corrected chi connectivity index (χ1v) is 8.05. The van der Waals surface area contributed by atoms with E-state index in [1.54, 1.807) is 6.08 Å². The highest BCUT2D eigenvalue weighted by Crippen LogP contribution is 2.02. The van der Waals surface area contributed by atoms with Crippen molar-refractivity contribution in [1.82, 2.24) is 5.32 Å². The molecule has 1 amide bonds. The van der Waals surface area contributed by atoms with Gasteiger partial charge in [-0.05, 0) is 25.7 Å². The minimum atomic E-state index is -0.847. The summed E-state index contributed by atoms with van der Waals surface area (Å²) in [7, 11) is 0. The third-order valence-electron chi connectivity index (χ3n) is 3.17. The van der Waals surface area contributed by atoms with Crippen LogP contribution in [0.2, 0.25) is 0 Å². The normalized spacial score (nSPS) is 14.7. The highest BCUT2D eigenvalue weighted by Gasteiger charge is 2.17. The predicted molar refractivity (Wildman–Crippen MR) is 87.0 cm³/mol. The van der Waals surface area contributed by atoms with E-state index in [0.717, 1.165) is 38.5 Å². The quantitative estimate of drug-likeness (QED) is 0.383. The van der Waals surface area contributed by atoms with Crippen molar-refractivity contribution in [1.29, 1.82) is 0 Å². The lowest BCUT2D eigenvalue weighted by molar-refractivity contribution is -0.122. The van der Waals surface area contributed by atoms with Gasteiger partial charge in [0.05, 0.1) is 18.8 Å². The maximum atomic E-state index is 11.6. The molecule has 0 bridgehead atoms. The van der Waals surface area contributed by atoms with E-state index >= 15 is 0 Å². The van der Waals surface area contributed by atoms with Gasteiger partial charge in [-0.1, -0.05) is 51.0 Å². The predicted octanol–water partition coefficient (Wildman–Crippen LogP) is 2.71. The van der Waals surface area contributed by atoms with Crippen LogP contribution in [0.3, 0.4) is 0 Å². The number of carbonyl (C=O) groups excluding carboxylic acids is 1. The van der Waals surface area contributed by atoms with Crippen LogP contribution in [0.1, 0.15) is 58.8 Å². The summed E-state index contributed by atoms with van der Waals surface area (Å²) in [6.07, 6.45) is 13.2. The Hall–Kier alpha value is -1.13. The van der Waals surface area contributed by atoms with Gasteiger partial charge < -0.3 is 15.5 Å². The van der Waals surface area contributed by atoms with Crippen molar-refractivity contribution in [2.24, 2.45) is 0 Å². The number of carbonyl (C=O) groups is 1. The van der Waals surface area contributed by atoms with Crippen molar-refractivity contribution in [3.8, 4) is 0 Å². The van der Waals surface area contributed by atoms with Crippen LogP contribution in [-0.2, 0) is 4.79 Å². The first-order valence-electron chi connectivity index (χ1n) is 8.05. The number of hydrogen-bond donors (Lipinski definition) is 3. The van der Waals surface area contributed by atoms with Crippen molar-refractivity contribution in [3.63, 3.8) is 0 Å². The molecule has 4 heteroatoms. The van der Waals surface area contributed by atoms with Crippen LogP contribution >= 0.6 is 0 Å². The van der Waals surface area contributed by atoms with Crippen molar-refractivity contribution in [2.75, 3.05) is 6.61 Å². The number of aliphatic hydroxyl groups excluding tert-OH is 2. The van der Waals surface area contributed by atoms with Gasteiger partial charge in [-0.25, -0.2) is 0 Å². The average molecular weight is 297 g/mol. The molecule has 3 N–H and O–H groups in total. The van der Waals surface area contributed by atoms with Crippen LogP contribution in [0, 0.1) is 0 Å². The van der Waals surface area contributed by atoms with E-state index in [4.69, 9.17) is 0 Å². The molecule has 0 aromatic heterocycles. The second-order valence-corrected chi connectivity index (χ2v) is 5.22. The van der Waals surface area contributed by atoms with E-state index in [0.29, 0.717) is 6.42 Å². The molecule has 0 aliphatic heterocycles. The second-order valence-electron chi connectivity index (χ2n) is 5.22. The Bertz CT molecular complexity index is 313. The van der Waals surface area contributed by atoms with Crippen molar-refractivity contribution in [3.05, 3.63) is 24.3 Å². The van der Waals surface area contributed by atoms with Crippen molar-refractivity contribution in [2.45, 2.75) is 70.9 Å². The first-order chi connectivity index (χ1) is 10.2. The summed E-state index contributed by atoms with van der Waals surface area (Å²) in [5, 5.41) is 21.9. The third kappa shape index (κ3) is 11.2. The molecular weight excluding hydrogens is 266 g/mol. The monoisotopic (exact) mass is 297 g/mol. The largest absolute Gasteiger partial charge is 0.394 e. The summed E-state index contributed by atoms with van der Waals surface area (Å²) in [5.74, 6) is -0.120. The molecule has 2 unspecified atom stereocenters. The van der Waals surface area contributed by atoms with Crippen LogP contribution in [-0.4, -0.2) is 34.9 Å². The number of amides is 1. The summed E-state index contributed by atoms with van der Waals surface area (Å²) in [5.41, 5.74) is 0. The van der Waals surface area contributed by atoms with E-state index in [1.165, 1.54) is 0 Å². The number of nitrogens with one attached hydrogen (secondary N) is 1. The summed E-state index contributed by atoms with van der Waals surface area (Å²) < 4.78 is 0. The molecule has 122 valence electrons. The van der Waals surface area contributed by atoms with Crippen molar-refractivity contribution >= 4 is 5.91 Å². The molecule has 0 aliphatic carbocycles. The highest BCUT2D eigenvalue weighted by molar-refractivity contribution is 5.76. The fourth-order valence-electron chi connectivity index (χ4n) is 1.82. The van der Waals surface area contributed by atoms with Crippen LogP contribution < -0.4 is 5.32 Å². The van der Waals surface area contributed by atoms with E-state index < -0.39 is 12.1 Å². The van der Waals surface area contributed by atoms with Gasteiger partial charge in [0, 0.05) is 6.42 Å². The lowest BCUT2D eigenvalue weighted by Crippen LogP contribution is -2.45. The molecule has 0 spiro atoms. The zero-order chi connectivity index (χ0) is 15.9. The Morgan fingerprint density at radius 1 is 1.10 bits per heavy atom. The SMILES string of the molecule is CCC/C=C/CC/C=C/C(O)C(CO)NC(=O)CCCC. The number of allylic oxidation sites excluding steroid dienone is 3. The molecule has 4 nitrogen and oxygen atoms in total. The standard InChI is InChI=1S/C17H31NO3/c1-3-5-7-8-9-10-11-12-16(20)15(14-19)18-17(21)13-6-4-2/h7-8,11-12,15-16,19-20H,3-6,9-10,13-14H2,1-2H3,(H,18,21)/b8-7+,12-11+. The molecule has 0 aromatic carbocycles. The number of hydrogen-bond acceptors (Lipinski definition) is 3. The Morgan fingerprint density at radius 2 is 1.76 bits per heavy atom. The van der Waals surface area contributed by atoms with E-state index in [-0.39, 0.29) is 12.5 Å². The Morgan fingerprint density at radius 3 is 2.38 bits per heavy atom. The summed E-state index contributed by atoms with van der Waals surface area (Å²) >= 11 is 0. The minimum absolute atomic E-state index is 0.120. The first kappa shape index (κ1) is 19.9. The van der Waals surface area contributed by atoms with Gasteiger partial charge in [0.15, 0.2) is 0 Å². The van der Waals surface area contributed by atoms with Gasteiger partial charge in [-0.15, -0.1) is 0 Å². The Balaban J connectivity index is 4.02. The zero-order valence-corrected chi connectivity index (χ0v) is 13.4. The molecular formula is C17H31NO3. The summed E-state index contributed by atoms with van der Waals surface area (Å²) in [6, 6.07) is -0.624. The van der Waals surface area contributed by atoms with Gasteiger partial charge in [0.2, 0.25) is 5.91 Å². The van der Waals surface area contributed by atoms with Crippen LogP contribution in [0.5, 0.6) is 0 Å². The molecule has 0 saturated carbocycles. The zero-order valence-electron chi connectivity index (χ0n) is 13.4. The molecule has 0 radical (unpaired) electrons. The Labute approximate surface area is 128 Å². The number of rotatable bonds is 12. The molecule has 0 fully saturated rings. The topological polar surface area (TPSA) is 69.6 Å². The number of unbranched alkanes of at least 4 members (excludes halogenated alkanes) is 3. The fraction of sp³-hybridized carbons (Fsp3) is 0.706. The maximum absolute atomic E-state index is 11.6. The molecule has 0 aromatic rings. The van der Waals surface area contributed by atoms with Crippen LogP contribution in [0.4, 0.5) is 0 Å². The van der Waals surface area contributed by atoms with Gasteiger partial charge >= 0.3 is 0 Å². The summed E-state index contributed by atoms with van der Waals surface area (Å²) in [6.45, 7) is 3.90. The molecule has 21 heavy (non-hydrogen) atoms. The maximum Gasteiger partial charge on any atom is 0.220 e. The molecule has 0 rings (SSSR count). The fourth-order valence-corrected chi connectivity index (χ4v) is 1.82. The van der Waals surface area contributed by atoms with Crippen molar-refractivity contribution < 1.29 is 15.0 Å². The van der Waals surface area contributed by atoms with Gasteiger partial charge in [-0.2, -0.15) is 0 Å². The second kappa shape index (κ2) is 13.8. The third-order valence-corrected chi connectivity index (χ3v) is 3.17. The average Bonchev–Trinajstić information content (AvgIpc) is 2.49. The molecule has 0 aliphatic rings. The van der Waals surface area contributed by atoms with E-state index in [1.807, 2.05) is 13.0 Å². The highest BCUT2D eigenvalue weighted by atomic mass is 16.3. The Kier molecular flexibility index (Phi) is 13.1. The molecule has 0 heterocycles. The minimum Gasteiger partial charge on any atom is -0.394 e. The van der Waals surface area contributed by atoms with E-state index in [2.05, 4.69) is 24.4 Å². The lowest BCUT2D eigenvalue weighted by atomic mass is 10.1. The van der Waals surface area contributed by atoms with Gasteiger partial charge in [0.25, 0.3) is 0 Å². The lowest BCUT2D eigenvalue weighted by Gasteiger charge is -2.19. The van der Waals surface area contributed by atoms with E-state index in [9.17, 15) is 15.0 Å².